The number of carboxylic acids is 2. The Morgan fingerprint density at radius 3 is 2.60 bits per heavy atom. The van der Waals surface area contributed by atoms with E-state index in [0.717, 1.165) is 46.3 Å². The molecule has 1 aromatic heterocycles. The first-order chi connectivity index (χ1) is 24.5. The topological polar surface area (TPSA) is 310 Å². The minimum Gasteiger partial charge on any atom is -0.504 e. The molecule has 1 fully saturated rings. The molecule has 4 aliphatic heterocycles. The van der Waals surface area contributed by atoms with Crippen molar-refractivity contribution in [2.24, 2.45) is 10.1 Å². The number of thioether (sulfide) groups is 2. The van der Waals surface area contributed by atoms with Gasteiger partial charge in [-0.05, 0) is 30.7 Å². The normalized spacial score (nSPS) is 20.0. The molecule has 52 heavy (non-hydrogen) atoms. The van der Waals surface area contributed by atoms with Crippen molar-refractivity contribution in [3.8, 4) is 11.5 Å². The maximum Gasteiger partial charge on any atom is 0.374 e. The van der Waals surface area contributed by atoms with Crippen LogP contribution >= 0.6 is 34.9 Å². The number of hydrogen-bond acceptors (Lipinski definition) is 18. The number of allylic oxidation sites excluding steroid dienone is 1. The van der Waals surface area contributed by atoms with Crippen molar-refractivity contribution in [3.63, 3.8) is 0 Å². The van der Waals surface area contributed by atoms with Gasteiger partial charge < -0.3 is 36.3 Å². The predicted octanol–water partition coefficient (Wildman–Crippen LogP) is 0.182. The summed E-state index contributed by atoms with van der Waals surface area (Å²) in [5, 5.41) is 47.8. The number of thiazole rings is 1. The number of aliphatic imine (C=N–C) groups is 1. The number of carboxylic acid groups (broad SMARTS) is 2. The van der Waals surface area contributed by atoms with Gasteiger partial charge in [-0.3, -0.25) is 19.0 Å². The highest BCUT2D eigenvalue weighted by molar-refractivity contribution is 8.03. The zero-order valence-corrected chi connectivity index (χ0v) is 29.4. The number of nitrogens with two attached hydrogens (primary N) is 1. The van der Waals surface area contributed by atoms with Gasteiger partial charge in [0.05, 0.1) is 16.8 Å². The Kier molecular flexibility index (Phi) is 9.81. The van der Waals surface area contributed by atoms with Gasteiger partial charge in [0.15, 0.2) is 28.2 Å². The number of aromatic hydroxyl groups is 2. The number of nitrogen functional groups attached to an aromatic ring is 1. The van der Waals surface area contributed by atoms with Crippen LogP contribution in [0, 0.1) is 0 Å². The zero-order valence-electron chi connectivity index (χ0n) is 26.2. The maximum atomic E-state index is 13.5. The van der Waals surface area contributed by atoms with E-state index < -0.39 is 74.9 Å². The van der Waals surface area contributed by atoms with Crippen LogP contribution in [0.5, 0.6) is 11.5 Å². The number of aliphatic carboxylic acids is 1. The molecule has 1 saturated heterocycles. The van der Waals surface area contributed by atoms with Crippen molar-refractivity contribution >= 4 is 85.5 Å². The Morgan fingerprint density at radius 1 is 1.21 bits per heavy atom. The summed E-state index contributed by atoms with van der Waals surface area (Å²) in [7, 11) is -4.65. The Hall–Kier alpha value is -5.34. The molecule has 6 rings (SSSR count). The molecule has 4 aliphatic rings. The first kappa shape index (κ1) is 36.5. The largest absolute Gasteiger partial charge is 0.504 e. The summed E-state index contributed by atoms with van der Waals surface area (Å²) in [4.78, 5) is 65.5. The lowest BCUT2D eigenvalue weighted by atomic mass is 10.0. The van der Waals surface area contributed by atoms with E-state index in [1.54, 1.807) is 13.0 Å². The van der Waals surface area contributed by atoms with Gasteiger partial charge in [0.1, 0.15) is 29.4 Å². The number of hydrogen-bond donors (Lipinski definition) is 8. The molecule has 2 atom stereocenters. The van der Waals surface area contributed by atoms with Crippen molar-refractivity contribution in [1.29, 1.82) is 0 Å². The van der Waals surface area contributed by atoms with Gasteiger partial charge in [0, 0.05) is 28.2 Å². The molecule has 2 amide bonds. The van der Waals surface area contributed by atoms with Crippen molar-refractivity contribution in [3.05, 3.63) is 68.7 Å². The molecule has 0 spiro atoms. The van der Waals surface area contributed by atoms with Crippen LogP contribution in [0.1, 0.15) is 28.5 Å². The second-order valence-electron chi connectivity index (χ2n) is 10.9. The smallest absolute Gasteiger partial charge is 0.374 e. The molecule has 0 bridgehead atoms. The fourth-order valence-electron chi connectivity index (χ4n) is 5.13. The van der Waals surface area contributed by atoms with E-state index in [1.165, 1.54) is 22.2 Å². The van der Waals surface area contributed by atoms with Crippen LogP contribution in [0.2, 0.25) is 0 Å². The van der Waals surface area contributed by atoms with Gasteiger partial charge in [-0.15, -0.1) is 40.4 Å². The molecule has 0 saturated carbocycles. The van der Waals surface area contributed by atoms with Crippen LogP contribution in [0.3, 0.4) is 0 Å². The number of fused-ring (bicyclic) bond motifs is 2. The Balaban J connectivity index is 1.17. The van der Waals surface area contributed by atoms with Crippen LogP contribution in [-0.4, -0.2) is 111 Å². The highest BCUT2D eigenvalue weighted by atomic mass is 32.2. The van der Waals surface area contributed by atoms with Crippen molar-refractivity contribution < 1.29 is 57.4 Å². The van der Waals surface area contributed by atoms with Crippen molar-refractivity contribution in [1.82, 2.24) is 30.2 Å². The number of oxime groups is 1. The lowest BCUT2D eigenvalue weighted by Crippen LogP contribution is -2.71. The Labute approximate surface area is 304 Å². The lowest BCUT2D eigenvalue weighted by molar-refractivity contribution is -0.150. The summed E-state index contributed by atoms with van der Waals surface area (Å²) < 4.78 is 33.1. The quantitative estimate of drug-likeness (QED) is 0.0467. The third-order valence-corrected chi connectivity index (χ3v) is 11.3. The second-order valence-corrected chi connectivity index (χ2v) is 15.2. The predicted molar refractivity (Wildman–Crippen MR) is 184 cm³/mol. The molecule has 21 nitrogen and oxygen atoms in total. The monoisotopic (exact) mass is 795 g/mol. The van der Waals surface area contributed by atoms with E-state index in [0.29, 0.717) is 20.7 Å². The number of benzene rings is 1. The lowest BCUT2D eigenvalue weighted by Gasteiger charge is -2.49. The molecule has 0 unspecified atom stereocenters. The number of phenolic OH excluding ortho intramolecular Hbond substituents is 2. The minimum absolute atomic E-state index is 0.0418. The highest BCUT2D eigenvalue weighted by Gasteiger charge is 2.54. The van der Waals surface area contributed by atoms with Gasteiger partial charge in [-0.25, -0.2) is 24.6 Å². The number of nitrogens with zero attached hydrogens (tertiary/aromatic N) is 6. The van der Waals surface area contributed by atoms with E-state index in [9.17, 15) is 52.6 Å². The van der Waals surface area contributed by atoms with Gasteiger partial charge in [0.25, 0.3) is 11.8 Å². The summed E-state index contributed by atoms with van der Waals surface area (Å²) in [5.74, 6) is -5.45. The molecule has 274 valence electrons. The molecule has 5 heterocycles. The molecular weight excluding hydrogens is 771 g/mol. The molecule has 1 aromatic carbocycles. The molecule has 0 radical (unpaired) electrons. The molecule has 2 aromatic rings. The van der Waals surface area contributed by atoms with Crippen LogP contribution in [-0.2, 0) is 36.1 Å². The van der Waals surface area contributed by atoms with E-state index in [1.807, 2.05) is 0 Å². The Morgan fingerprint density at radius 2 is 1.94 bits per heavy atom. The molecule has 0 aliphatic carbocycles. The third-order valence-electron chi connectivity index (χ3n) is 7.47. The van der Waals surface area contributed by atoms with E-state index in [4.69, 9.17) is 10.6 Å². The van der Waals surface area contributed by atoms with Crippen LogP contribution in [0.4, 0.5) is 5.13 Å². The average Bonchev–Trinajstić information content (AvgIpc) is 3.71. The number of aromatic carboxylic acids is 1. The summed E-state index contributed by atoms with van der Waals surface area (Å²) in [6, 6.07) is 0.575. The van der Waals surface area contributed by atoms with Gasteiger partial charge in [-0.1, -0.05) is 5.16 Å². The van der Waals surface area contributed by atoms with Crippen LogP contribution in [0.25, 0.3) is 0 Å². The molecule has 25 heteroatoms. The number of hydrazine groups is 2. The summed E-state index contributed by atoms with van der Waals surface area (Å²) in [5.41, 5.74) is 7.81. The average molecular weight is 796 g/mol. The summed E-state index contributed by atoms with van der Waals surface area (Å²) >= 11 is 3.28. The maximum absolute atomic E-state index is 13.5. The number of carbonyl (C=O) groups is 4. The van der Waals surface area contributed by atoms with Gasteiger partial charge >= 0.3 is 22.2 Å². The number of rotatable bonds is 12. The standard InChI is InChI=1S/C27H25N9O12S4/c1-10-2-18(36-17(29-10)5-34(33-36)52(45,46)47)49-7-12-8-50-24-20(23(40)35(24)21(12)26(43)44)31-22(39)19(14-9-51-27(28)30-14)32-48-6-11-3-15(37)16(38)4-13(11)25(41)42/h2-5,9,20,24,33,37-38H,6-8H2,1H3,(H2,28,30)(H,31,39)(H,41,42)(H,43,44)(H,45,46,47)/b32-19-/t20-,24-/m1/s1. The van der Waals surface area contributed by atoms with E-state index in [-0.39, 0.29) is 39.4 Å². The fraction of sp³-hybridized carbons (Fsp3) is 0.222. The van der Waals surface area contributed by atoms with Crippen molar-refractivity contribution in [2.75, 3.05) is 17.2 Å². The first-order valence-corrected chi connectivity index (χ1v) is 18.7. The minimum atomic E-state index is -4.65. The van der Waals surface area contributed by atoms with Crippen LogP contribution < -0.4 is 16.6 Å². The number of aromatic nitrogens is 1. The second kappa shape index (κ2) is 14.0. The van der Waals surface area contributed by atoms with Gasteiger partial charge in [-0.2, -0.15) is 12.8 Å². The number of β-lactam (4-membered cyclic amide) rings is 1. The number of amides is 2. The van der Waals surface area contributed by atoms with E-state index in [2.05, 4.69) is 26.0 Å². The SMILES string of the molecule is CC1=NC2=CN(S(=O)(=O)O)NN2C(SCC2=C(C(=O)O)N3C(=O)[C@@H](NC(=O)/C(=N\OCc4cc(O)c(O)cc4C(=O)O)c4csc(N)n4)[C@H]3SC2)=C1. The summed E-state index contributed by atoms with van der Waals surface area (Å²) in [6.07, 6.45) is 2.67. The van der Waals surface area contributed by atoms with Crippen molar-refractivity contribution in [2.45, 2.75) is 24.9 Å². The molecule has 9 N–H and O–H groups in total. The summed E-state index contributed by atoms with van der Waals surface area (Å²) in [6.45, 7) is 1.09. The first-order valence-electron chi connectivity index (χ1n) is 14.4. The number of phenols is 2. The van der Waals surface area contributed by atoms with Crippen LogP contribution in [0.15, 0.2) is 62.1 Å². The fourth-order valence-corrected chi connectivity index (χ4v) is 8.65. The third kappa shape index (κ3) is 7.08. The number of carbonyl (C=O) groups excluding carboxylic acids is 2. The van der Waals surface area contributed by atoms with Gasteiger partial charge in [0.2, 0.25) is 0 Å². The number of nitrogens with one attached hydrogen (secondary N) is 2. The zero-order chi connectivity index (χ0) is 37.6. The highest BCUT2D eigenvalue weighted by Crippen LogP contribution is 2.42. The molecular formula is C27H25N9O12S4. The number of anilines is 1. The Bertz CT molecular complexity index is 2180. The van der Waals surface area contributed by atoms with E-state index >= 15 is 0 Å².